The number of aromatic nitrogens is 3. The van der Waals surface area contributed by atoms with Gasteiger partial charge in [0.25, 0.3) is 0 Å². The number of aliphatic carboxylic acids is 1. The van der Waals surface area contributed by atoms with Crippen molar-refractivity contribution >= 4 is 33.5 Å². The Hall–Kier alpha value is -2.58. The van der Waals surface area contributed by atoms with Crippen molar-refractivity contribution in [2.45, 2.75) is 12.3 Å². The Bertz CT molecular complexity index is 948. The lowest BCUT2D eigenvalue weighted by Crippen LogP contribution is -2.52. The maximum atomic E-state index is 12.4. The van der Waals surface area contributed by atoms with Gasteiger partial charge in [0.2, 0.25) is 5.95 Å². The van der Waals surface area contributed by atoms with Gasteiger partial charge in [0.1, 0.15) is 5.41 Å². The normalized spacial score (nSPS) is 22.9. The molecule has 0 aliphatic carbocycles. The van der Waals surface area contributed by atoms with Crippen LogP contribution in [0.2, 0.25) is 0 Å². The van der Waals surface area contributed by atoms with Crippen molar-refractivity contribution in [3.05, 3.63) is 47.7 Å². The van der Waals surface area contributed by atoms with Gasteiger partial charge in [0, 0.05) is 38.5 Å². The van der Waals surface area contributed by atoms with Gasteiger partial charge in [-0.15, -0.1) is 11.3 Å². The number of anilines is 1. The van der Waals surface area contributed by atoms with Crippen LogP contribution in [0.15, 0.2) is 42.2 Å². The molecule has 0 radical (unpaired) electrons. The van der Waals surface area contributed by atoms with E-state index in [1.807, 2.05) is 23.1 Å². The van der Waals surface area contributed by atoms with E-state index >= 15 is 0 Å². The molecule has 3 heterocycles. The van der Waals surface area contributed by atoms with Crippen LogP contribution in [0.4, 0.5) is 5.95 Å². The van der Waals surface area contributed by atoms with E-state index in [0.717, 1.165) is 15.8 Å². The number of nitrogens with zero attached hydrogens (tertiary/aromatic N) is 4. The highest BCUT2D eigenvalue weighted by Crippen LogP contribution is 2.45. The number of carbonyl (C=O) groups is 1. The number of hydrogen-bond acceptors (Lipinski definition) is 7. The molecule has 2 atom stereocenters. The largest absolute Gasteiger partial charge is 0.481 e. The van der Waals surface area contributed by atoms with Gasteiger partial charge in [-0.3, -0.25) is 4.79 Å². The molecular formula is C19H20N4O3S. The minimum absolute atomic E-state index is 0.158. The van der Waals surface area contributed by atoms with Gasteiger partial charge in [0.15, 0.2) is 0 Å². The highest BCUT2D eigenvalue weighted by atomic mass is 32.1. The lowest BCUT2D eigenvalue weighted by atomic mass is 9.67. The highest BCUT2D eigenvalue weighted by molar-refractivity contribution is 7.16. The fourth-order valence-corrected chi connectivity index (χ4v) is 4.55. The molecule has 140 valence electrons. The monoisotopic (exact) mass is 384 g/mol. The van der Waals surface area contributed by atoms with Gasteiger partial charge < -0.3 is 14.7 Å². The average Bonchev–Trinajstić information content (AvgIpc) is 3.16. The molecule has 8 heteroatoms. The van der Waals surface area contributed by atoms with E-state index in [4.69, 9.17) is 4.74 Å². The summed E-state index contributed by atoms with van der Waals surface area (Å²) in [5, 5.41) is 10.1. The van der Waals surface area contributed by atoms with Crippen LogP contribution >= 0.6 is 11.3 Å². The number of carboxylic acid groups (broad SMARTS) is 1. The minimum atomic E-state index is -0.996. The predicted molar refractivity (Wildman–Crippen MR) is 103 cm³/mol. The predicted octanol–water partition coefficient (Wildman–Crippen LogP) is 2.80. The Balaban J connectivity index is 1.77. The Morgan fingerprint density at radius 1 is 1.37 bits per heavy atom. The molecule has 2 unspecified atom stereocenters. The zero-order valence-electron chi connectivity index (χ0n) is 14.9. The Morgan fingerprint density at radius 2 is 2.19 bits per heavy atom. The molecule has 1 fully saturated rings. The van der Waals surface area contributed by atoms with Crippen molar-refractivity contribution in [2.24, 2.45) is 5.41 Å². The molecule has 0 amide bonds. The van der Waals surface area contributed by atoms with Crippen LogP contribution in [0.25, 0.3) is 10.2 Å². The van der Waals surface area contributed by atoms with E-state index in [1.54, 1.807) is 42.4 Å². The van der Waals surface area contributed by atoms with Gasteiger partial charge in [-0.25, -0.2) is 15.0 Å². The molecule has 1 saturated heterocycles. The van der Waals surface area contributed by atoms with Crippen molar-refractivity contribution < 1.29 is 14.6 Å². The van der Waals surface area contributed by atoms with Crippen molar-refractivity contribution in [3.63, 3.8) is 0 Å². The quantitative estimate of drug-likeness (QED) is 0.723. The van der Waals surface area contributed by atoms with Gasteiger partial charge >= 0.3 is 5.97 Å². The smallest absolute Gasteiger partial charge is 0.312 e. The molecule has 0 bridgehead atoms. The first-order valence-corrected chi connectivity index (χ1v) is 9.59. The van der Waals surface area contributed by atoms with E-state index in [1.165, 1.54) is 0 Å². The van der Waals surface area contributed by atoms with Gasteiger partial charge in [0.05, 0.1) is 22.3 Å². The summed E-state index contributed by atoms with van der Waals surface area (Å²) in [6, 6.07) is 7.79. The SMILES string of the molecule is COCC1(C(=O)O)CCN(c2ncccn2)CC1c1ccc2scnc2c1. The summed E-state index contributed by atoms with van der Waals surface area (Å²) in [7, 11) is 1.55. The Morgan fingerprint density at radius 3 is 2.93 bits per heavy atom. The molecule has 27 heavy (non-hydrogen) atoms. The topological polar surface area (TPSA) is 88.4 Å². The van der Waals surface area contributed by atoms with Crippen molar-refractivity contribution in [3.8, 4) is 0 Å². The summed E-state index contributed by atoms with van der Waals surface area (Å²) in [5.74, 6) is -0.478. The third kappa shape index (κ3) is 3.15. The van der Waals surface area contributed by atoms with Crippen molar-refractivity contribution in [2.75, 3.05) is 31.7 Å². The van der Waals surface area contributed by atoms with E-state index in [-0.39, 0.29) is 12.5 Å². The first-order valence-electron chi connectivity index (χ1n) is 8.71. The first-order chi connectivity index (χ1) is 13.1. The van der Waals surface area contributed by atoms with Crippen molar-refractivity contribution in [1.82, 2.24) is 15.0 Å². The van der Waals surface area contributed by atoms with Crippen molar-refractivity contribution in [1.29, 1.82) is 0 Å². The number of benzene rings is 1. The van der Waals surface area contributed by atoms with E-state index in [2.05, 4.69) is 15.0 Å². The first kappa shape index (κ1) is 17.8. The standard InChI is InChI=1S/C19H20N4O3S/c1-26-11-19(17(24)25)5-8-23(18-20-6-2-7-21-18)10-14(19)13-3-4-16-15(9-13)22-12-27-16/h2-4,6-7,9,12,14H,5,8,10-11H2,1H3,(H,24,25). The molecule has 4 rings (SSSR count). The Labute approximate surface area is 160 Å². The molecule has 2 aromatic heterocycles. The number of carboxylic acids is 1. The number of ether oxygens (including phenoxy) is 1. The molecule has 0 spiro atoms. The van der Waals surface area contributed by atoms with Crippen LogP contribution in [0.1, 0.15) is 17.9 Å². The Kier molecular flexibility index (Phi) is 4.75. The molecule has 7 nitrogen and oxygen atoms in total. The van der Waals surface area contributed by atoms with Crippen LogP contribution in [-0.2, 0) is 9.53 Å². The summed E-state index contributed by atoms with van der Waals surface area (Å²) >= 11 is 1.57. The third-order valence-electron chi connectivity index (χ3n) is 5.32. The van der Waals surface area contributed by atoms with E-state index < -0.39 is 11.4 Å². The fraction of sp³-hybridized carbons (Fsp3) is 0.368. The zero-order valence-corrected chi connectivity index (χ0v) is 15.7. The van der Waals surface area contributed by atoms with Gasteiger partial charge in [-0.05, 0) is 30.2 Å². The number of rotatable bonds is 5. The molecule has 1 aliphatic heterocycles. The van der Waals surface area contributed by atoms with Crippen LogP contribution in [0, 0.1) is 5.41 Å². The molecular weight excluding hydrogens is 364 g/mol. The second-order valence-corrected chi connectivity index (χ2v) is 7.66. The summed E-state index contributed by atoms with van der Waals surface area (Å²) in [5.41, 5.74) is 2.65. The summed E-state index contributed by atoms with van der Waals surface area (Å²) < 4.78 is 6.46. The maximum Gasteiger partial charge on any atom is 0.312 e. The van der Waals surface area contributed by atoms with E-state index in [9.17, 15) is 9.90 Å². The summed E-state index contributed by atoms with van der Waals surface area (Å²) in [6.45, 7) is 1.23. The summed E-state index contributed by atoms with van der Waals surface area (Å²) in [6.07, 6.45) is 3.86. The number of thiazole rings is 1. The molecule has 1 N–H and O–H groups in total. The second kappa shape index (κ2) is 7.21. The number of hydrogen-bond donors (Lipinski definition) is 1. The fourth-order valence-electron chi connectivity index (χ4n) is 3.90. The number of fused-ring (bicyclic) bond motifs is 1. The molecule has 1 aromatic carbocycles. The van der Waals surface area contributed by atoms with Gasteiger partial charge in [-0.1, -0.05) is 6.07 Å². The molecule has 0 saturated carbocycles. The zero-order chi connectivity index (χ0) is 18.9. The molecule has 3 aromatic rings. The van der Waals surface area contributed by atoms with Crippen LogP contribution < -0.4 is 4.90 Å². The van der Waals surface area contributed by atoms with Crippen LogP contribution in [0.5, 0.6) is 0 Å². The summed E-state index contributed by atoms with van der Waals surface area (Å²) in [4.78, 5) is 27.5. The van der Waals surface area contributed by atoms with Gasteiger partial charge in [-0.2, -0.15) is 0 Å². The number of methoxy groups -OCH3 is 1. The minimum Gasteiger partial charge on any atom is -0.481 e. The number of piperidine rings is 1. The highest BCUT2D eigenvalue weighted by Gasteiger charge is 2.50. The van der Waals surface area contributed by atoms with Crippen LogP contribution in [-0.4, -0.2) is 52.8 Å². The molecule has 1 aliphatic rings. The second-order valence-electron chi connectivity index (χ2n) is 6.77. The van der Waals surface area contributed by atoms with E-state index in [0.29, 0.717) is 25.5 Å². The average molecular weight is 384 g/mol. The maximum absolute atomic E-state index is 12.4. The van der Waals surface area contributed by atoms with Crippen LogP contribution in [0.3, 0.4) is 0 Å². The lowest BCUT2D eigenvalue weighted by Gasteiger charge is -2.45. The third-order valence-corrected chi connectivity index (χ3v) is 6.13. The lowest BCUT2D eigenvalue weighted by molar-refractivity contribution is -0.155.